The first kappa shape index (κ1) is 22.4. The number of para-hydroxylation sites is 1. The van der Waals surface area contributed by atoms with E-state index in [1.54, 1.807) is 11.2 Å². The lowest BCUT2D eigenvalue weighted by molar-refractivity contribution is 0.470. The van der Waals surface area contributed by atoms with E-state index in [1.807, 2.05) is 79.7 Å². The van der Waals surface area contributed by atoms with Gasteiger partial charge in [0.1, 0.15) is 17.1 Å². The Morgan fingerprint density at radius 2 is 1.67 bits per heavy atom. The fourth-order valence-electron chi connectivity index (χ4n) is 5.13. The van der Waals surface area contributed by atoms with E-state index in [9.17, 15) is 13.5 Å². The Labute approximate surface area is 210 Å². The van der Waals surface area contributed by atoms with Gasteiger partial charge >= 0.3 is 0 Å². The summed E-state index contributed by atoms with van der Waals surface area (Å²) in [6, 6.07) is 27.7. The van der Waals surface area contributed by atoms with Gasteiger partial charge in [-0.3, -0.25) is 4.31 Å². The van der Waals surface area contributed by atoms with Crippen LogP contribution < -0.4 is 4.31 Å². The van der Waals surface area contributed by atoms with Crippen molar-refractivity contribution in [2.45, 2.75) is 31.2 Å². The zero-order valence-corrected chi connectivity index (χ0v) is 20.8. The normalized spacial score (nSPS) is 15.1. The molecule has 1 atom stereocenters. The zero-order chi connectivity index (χ0) is 25.0. The van der Waals surface area contributed by atoms with Gasteiger partial charge in [0, 0.05) is 16.5 Å². The van der Waals surface area contributed by atoms with E-state index in [-0.39, 0.29) is 16.7 Å². The molecule has 1 aliphatic heterocycles. The molecular formula is C30H25NO4S. The van der Waals surface area contributed by atoms with E-state index in [0.717, 1.165) is 39.0 Å². The molecule has 1 aliphatic rings. The van der Waals surface area contributed by atoms with E-state index < -0.39 is 10.0 Å². The Bertz CT molecular complexity index is 1700. The Balaban J connectivity index is 1.57. The number of nitrogens with zero attached hydrogens (tertiary/aromatic N) is 1. The van der Waals surface area contributed by atoms with Gasteiger partial charge in [0.2, 0.25) is 0 Å². The Morgan fingerprint density at radius 1 is 0.889 bits per heavy atom. The Kier molecular flexibility index (Phi) is 5.16. The second kappa shape index (κ2) is 8.28. The maximum atomic E-state index is 14.1. The van der Waals surface area contributed by atoms with Crippen LogP contribution >= 0.6 is 0 Å². The molecule has 0 amide bonds. The maximum absolute atomic E-state index is 14.1. The molecule has 5 aromatic rings. The van der Waals surface area contributed by atoms with Crippen LogP contribution in [0, 0.1) is 6.92 Å². The largest absolute Gasteiger partial charge is 0.508 e. The smallest absolute Gasteiger partial charge is 0.264 e. The number of sulfonamides is 1. The average Bonchev–Trinajstić information content (AvgIpc) is 3.33. The molecule has 2 heterocycles. The minimum absolute atomic E-state index is 0.0702. The van der Waals surface area contributed by atoms with Gasteiger partial charge in [-0.15, -0.1) is 0 Å². The second-order valence-corrected chi connectivity index (χ2v) is 11.0. The third-order valence-electron chi connectivity index (χ3n) is 6.95. The highest BCUT2D eigenvalue weighted by Gasteiger charge is 2.38. The molecular weight excluding hydrogens is 470 g/mol. The highest BCUT2D eigenvalue weighted by atomic mass is 32.2. The number of rotatable bonds is 4. The van der Waals surface area contributed by atoms with Crippen LogP contribution in [0.2, 0.25) is 0 Å². The fourth-order valence-corrected chi connectivity index (χ4v) is 6.94. The van der Waals surface area contributed by atoms with Crippen LogP contribution in [0.25, 0.3) is 33.4 Å². The summed E-state index contributed by atoms with van der Waals surface area (Å²) < 4.78 is 35.8. The summed E-state index contributed by atoms with van der Waals surface area (Å²) in [4.78, 5) is 0.156. The van der Waals surface area contributed by atoms with Crippen molar-refractivity contribution in [1.29, 1.82) is 0 Å². The van der Waals surface area contributed by atoms with Crippen molar-refractivity contribution in [3.05, 3.63) is 102 Å². The number of phenols is 1. The number of aryl methyl sites for hydroxylation is 1. The van der Waals surface area contributed by atoms with Crippen molar-refractivity contribution < 1.29 is 17.9 Å². The highest BCUT2D eigenvalue weighted by Crippen LogP contribution is 2.49. The molecule has 0 radical (unpaired) electrons. The summed E-state index contributed by atoms with van der Waals surface area (Å²) in [6.07, 6.45) is 0.609. The first-order valence-corrected chi connectivity index (χ1v) is 13.4. The van der Waals surface area contributed by atoms with Crippen molar-refractivity contribution in [1.82, 2.24) is 0 Å². The zero-order valence-electron chi connectivity index (χ0n) is 20.0. The summed E-state index contributed by atoms with van der Waals surface area (Å²) >= 11 is 0. The SMILES string of the molecule is CCC1c2ccccc2-c2cc(-c3cc4ccccc4o3)ccc2N1S(=O)(=O)c1ccc(O)c(C)c1. The molecule has 1 N–H and O–H groups in total. The van der Waals surface area contributed by atoms with Crippen LogP contribution in [0.1, 0.15) is 30.5 Å². The molecule has 0 spiro atoms. The molecule has 6 rings (SSSR count). The van der Waals surface area contributed by atoms with Gasteiger partial charge in [0.15, 0.2) is 0 Å². The molecule has 1 aromatic heterocycles. The van der Waals surface area contributed by atoms with E-state index >= 15 is 0 Å². The fraction of sp³-hybridized carbons (Fsp3) is 0.133. The second-order valence-electron chi connectivity index (χ2n) is 9.14. The first-order chi connectivity index (χ1) is 17.4. The number of hydrogen-bond acceptors (Lipinski definition) is 4. The van der Waals surface area contributed by atoms with E-state index in [0.29, 0.717) is 17.7 Å². The van der Waals surface area contributed by atoms with Gasteiger partial charge in [-0.25, -0.2) is 8.42 Å². The van der Waals surface area contributed by atoms with Crippen molar-refractivity contribution >= 4 is 26.7 Å². The number of fused-ring (bicyclic) bond motifs is 4. The lowest BCUT2D eigenvalue weighted by atomic mass is 9.87. The lowest BCUT2D eigenvalue weighted by Crippen LogP contribution is -2.37. The van der Waals surface area contributed by atoms with Crippen LogP contribution in [0.4, 0.5) is 5.69 Å². The third kappa shape index (κ3) is 3.40. The van der Waals surface area contributed by atoms with Crippen molar-refractivity contribution in [2.75, 3.05) is 4.31 Å². The number of phenolic OH excluding ortho intramolecular Hbond substituents is 1. The van der Waals surface area contributed by atoms with Crippen LogP contribution in [0.15, 0.2) is 100 Å². The van der Waals surface area contributed by atoms with Crippen LogP contribution in [0.3, 0.4) is 0 Å². The van der Waals surface area contributed by atoms with E-state index in [4.69, 9.17) is 4.42 Å². The van der Waals surface area contributed by atoms with Gasteiger partial charge in [-0.05, 0) is 78.6 Å². The molecule has 0 saturated carbocycles. The van der Waals surface area contributed by atoms with Gasteiger partial charge in [-0.2, -0.15) is 0 Å². The molecule has 36 heavy (non-hydrogen) atoms. The topological polar surface area (TPSA) is 70.8 Å². The molecule has 5 nitrogen and oxygen atoms in total. The van der Waals surface area contributed by atoms with Crippen molar-refractivity contribution in [3.63, 3.8) is 0 Å². The minimum Gasteiger partial charge on any atom is -0.508 e. The summed E-state index contributed by atoms with van der Waals surface area (Å²) in [5, 5.41) is 11.0. The number of anilines is 1. The highest BCUT2D eigenvalue weighted by molar-refractivity contribution is 7.92. The predicted molar refractivity (Wildman–Crippen MR) is 143 cm³/mol. The van der Waals surface area contributed by atoms with Gasteiger partial charge in [-0.1, -0.05) is 49.4 Å². The van der Waals surface area contributed by atoms with Crippen molar-refractivity contribution in [3.8, 4) is 28.2 Å². The van der Waals surface area contributed by atoms with E-state index in [2.05, 4.69) is 0 Å². The van der Waals surface area contributed by atoms with Crippen molar-refractivity contribution in [2.24, 2.45) is 0 Å². The minimum atomic E-state index is -3.92. The first-order valence-electron chi connectivity index (χ1n) is 11.9. The van der Waals surface area contributed by atoms with E-state index in [1.165, 1.54) is 18.2 Å². The molecule has 0 saturated heterocycles. The average molecular weight is 496 g/mol. The molecule has 0 bridgehead atoms. The molecule has 6 heteroatoms. The third-order valence-corrected chi connectivity index (χ3v) is 8.77. The summed E-state index contributed by atoms with van der Waals surface area (Å²) in [6.45, 7) is 3.70. The standard InChI is InChI=1S/C30H25NO4S/c1-3-26-24-10-6-5-9-23(24)25-17-21(30-18-20-8-4-7-11-29(20)35-30)12-14-27(25)31(26)36(33,34)22-13-15-28(32)19(2)16-22/h4-18,26,32H,3H2,1-2H3. The number of benzene rings is 4. The van der Waals surface area contributed by atoms with Crippen LogP contribution in [0.5, 0.6) is 5.75 Å². The quantitative estimate of drug-likeness (QED) is 0.281. The van der Waals surface area contributed by atoms with Crippen LogP contribution in [-0.4, -0.2) is 13.5 Å². The summed E-state index contributed by atoms with van der Waals surface area (Å²) in [5.74, 6) is 0.804. The molecule has 0 fully saturated rings. The molecule has 0 aliphatic carbocycles. The van der Waals surface area contributed by atoms with Gasteiger partial charge in [0.25, 0.3) is 10.0 Å². The van der Waals surface area contributed by atoms with Crippen LogP contribution in [-0.2, 0) is 10.0 Å². The Morgan fingerprint density at radius 3 is 2.44 bits per heavy atom. The molecule has 4 aromatic carbocycles. The summed E-state index contributed by atoms with van der Waals surface area (Å²) in [5.41, 5.74) is 5.66. The lowest BCUT2D eigenvalue weighted by Gasteiger charge is -2.39. The molecule has 180 valence electrons. The predicted octanol–water partition coefficient (Wildman–Crippen LogP) is 7.44. The number of furan rings is 1. The maximum Gasteiger partial charge on any atom is 0.264 e. The Hall–Kier alpha value is -4.03. The molecule has 1 unspecified atom stereocenters. The number of aromatic hydroxyl groups is 1. The monoisotopic (exact) mass is 495 g/mol. The number of hydrogen-bond donors (Lipinski definition) is 1. The summed E-state index contributed by atoms with van der Waals surface area (Å²) in [7, 11) is -3.92. The van der Waals surface area contributed by atoms with Gasteiger partial charge in [0.05, 0.1) is 16.6 Å². The van der Waals surface area contributed by atoms with Gasteiger partial charge < -0.3 is 9.52 Å².